The van der Waals surface area contributed by atoms with Crippen LogP contribution < -0.4 is 10.1 Å². The van der Waals surface area contributed by atoms with E-state index in [1.807, 2.05) is 33.0 Å². The third-order valence-corrected chi connectivity index (χ3v) is 5.06. The summed E-state index contributed by atoms with van der Waals surface area (Å²) in [6.45, 7) is 4.67. The second kappa shape index (κ2) is 9.57. The fourth-order valence-electron chi connectivity index (χ4n) is 3.47. The highest BCUT2D eigenvalue weighted by Crippen LogP contribution is 2.28. The highest BCUT2D eigenvalue weighted by atomic mass is 16.5. The third kappa shape index (κ3) is 5.03. The summed E-state index contributed by atoms with van der Waals surface area (Å²) in [7, 11) is 1.85. The molecule has 0 bridgehead atoms. The molecular weight excluding hydrogens is 356 g/mol. The number of hydrogen-bond donors (Lipinski definition) is 1. The first-order chi connectivity index (χ1) is 13.6. The Balaban J connectivity index is 1.71. The molecule has 1 N–H and O–H groups in total. The first-order valence-corrected chi connectivity index (χ1v) is 10.1. The number of carbonyl (C=O) groups is 1. The van der Waals surface area contributed by atoms with Crippen LogP contribution in [-0.2, 0) is 18.3 Å². The zero-order chi connectivity index (χ0) is 19.9. The molecule has 0 saturated heterocycles. The number of rotatable bonds is 7. The summed E-state index contributed by atoms with van der Waals surface area (Å²) in [5, 5.41) is 7.11. The molecule has 7 heteroatoms. The van der Waals surface area contributed by atoms with E-state index in [9.17, 15) is 4.79 Å². The quantitative estimate of drug-likeness (QED) is 0.774. The number of nitrogens with zero attached hydrogens (tertiary/aromatic N) is 3. The molecule has 3 rings (SSSR count). The second-order valence-electron chi connectivity index (χ2n) is 7.28. The van der Waals surface area contributed by atoms with Crippen molar-refractivity contribution in [3.63, 3.8) is 0 Å². The zero-order valence-corrected chi connectivity index (χ0v) is 17.0. The van der Waals surface area contributed by atoms with Crippen LogP contribution in [0.4, 0.5) is 4.79 Å². The van der Waals surface area contributed by atoms with Crippen LogP contribution in [0.25, 0.3) is 11.3 Å². The molecule has 0 spiro atoms. The summed E-state index contributed by atoms with van der Waals surface area (Å²) in [5.74, 6) is 0.849. The summed E-state index contributed by atoms with van der Waals surface area (Å²) < 4.78 is 13.0. The summed E-state index contributed by atoms with van der Waals surface area (Å²) in [4.78, 5) is 16.5. The predicted octanol–water partition coefficient (Wildman–Crippen LogP) is 4.14. The molecule has 0 aliphatic heterocycles. The number of pyridine rings is 1. The number of alkyl carbamates (subject to hydrolysis) is 1. The molecule has 0 unspecified atom stereocenters. The maximum Gasteiger partial charge on any atom is 0.407 e. The monoisotopic (exact) mass is 386 g/mol. The SMILES string of the molecule is CCCOC(=O)NCc1c(-c2ccc(OC3CCCCC3)c(C)n2)cnn1C. The lowest BCUT2D eigenvalue weighted by Gasteiger charge is -2.23. The molecule has 0 aromatic carbocycles. The molecule has 1 fully saturated rings. The van der Waals surface area contributed by atoms with Gasteiger partial charge in [0.25, 0.3) is 0 Å². The van der Waals surface area contributed by atoms with Gasteiger partial charge in [-0.2, -0.15) is 5.10 Å². The van der Waals surface area contributed by atoms with Gasteiger partial charge in [0, 0.05) is 12.6 Å². The molecule has 28 heavy (non-hydrogen) atoms. The minimum Gasteiger partial charge on any atom is -0.489 e. The average Bonchev–Trinajstić information content (AvgIpc) is 3.07. The average molecular weight is 386 g/mol. The van der Waals surface area contributed by atoms with Crippen LogP contribution >= 0.6 is 0 Å². The Morgan fingerprint density at radius 1 is 1.29 bits per heavy atom. The van der Waals surface area contributed by atoms with Crippen LogP contribution in [0.2, 0.25) is 0 Å². The molecule has 0 atom stereocenters. The van der Waals surface area contributed by atoms with Crippen LogP contribution in [-0.4, -0.2) is 33.6 Å². The fourth-order valence-corrected chi connectivity index (χ4v) is 3.47. The van der Waals surface area contributed by atoms with Crippen molar-refractivity contribution in [1.29, 1.82) is 0 Å². The van der Waals surface area contributed by atoms with Crippen molar-refractivity contribution in [3.05, 3.63) is 29.7 Å². The standard InChI is InChI=1S/C21H30N4O3/c1-4-12-27-21(26)22-14-19-17(13-23-25(19)3)18-10-11-20(15(2)24-18)28-16-8-6-5-7-9-16/h10-11,13,16H,4-9,12,14H2,1-3H3,(H,22,26). The molecule has 7 nitrogen and oxygen atoms in total. The maximum atomic E-state index is 11.7. The molecule has 2 aromatic heterocycles. The van der Waals surface area contributed by atoms with Crippen LogP contribution in [0.1, 0.15) is 56.8 Å². The van der Waals surface area contributed by atoms with Gasteiger partial charge in [-0.3, -0.25) is 4.68 Å². The Bertz CT molecular complexity index is 797. The largest absolute Gasteiger partial charge is 0.489 e. The number of ether oxygens (including phenoxy) is 2. The first-order valence-electron chi connectivity index (χ1n) is 10.1. The van der Waals surface area contributed by atoms with Gasteiger partial charge in [-0.05, 0) is 51.2 Å². The topological polar surface area (TPSA) is 78.3 Å². The smallest absolute Gasteiger partial charge is 0.407 e. The zero-order valence-electron chi connectivity index (χ0n) is 17.0. The number of amides is 1. The van der Waals surface area contributed by atoms with E-state index in [2.05, 4.69) is 10.4 Å². The van der Waals surface area contributed by atoms with Gasteiger partial charge in [0.05, 0.1) is 42.5 Å². The van der Waals surface area contributed by atoms with Crippen LogP contribution in [0.15, 0.2) is 18.3 Å². The molecule has 152 valence electrons. The minimum atomic E-state index is -0.422. The second-order valence-corrected chi connectivity index (χ2v) is 7.28. The van der Waals surface area contributed by atoms with E-state index >= 15 is 0 Å². The van der Waals surface area contributed by atoms with E-state index in [-0.39, 0.29) is 0 Å². The Morgan fingerprint density at radius 3 is 2.79 bits per heavy atom. The highest BCUT2D eigenvalue weighted by Gasteiger charge is 2.18. The highest BCUT2D eigenvalue weighted by molar-refractivity contribution is 5.68. The van der Waals surface area contributed by atoms with E-state index in [1.165, 1.54) is 19.3 Å². The molecule has 2 aromatic rings. The van der Waals surface area contributed by atoms with E-state index in [4.69, 9.17) is 14.5 Å². The fraction of sp³-hybridized carbons (Fsp3) is 0.571. The first kappa shape index (κ1) is 20.2. The van der Waals surface area contributed by atoms with Crippen LogP contribution in [0, 0.1) is 6.92 Å². The summed E-state index contributed by atoms with van der Waals surface area (Å²) >= 11 is 0. The number of aromatic nitrogens is 3. The molecule has 1 aliphatic carbocycles. The Labute approximate surface area is 166 Å². The maximum absolute atomic E-state index is 11.7. The van der Waals surface area contributed by atoms with Crippen LogP contribution in [0.3, 0.4) is 0 Å². The number of hydrogen-bond acceptors (Lipinski definition) is 5. The number of nitrogens with one attached hydrogen (secondary N) is 1. The van der Waals surface area contributed by atoms with Gasteiger partial charge in [-0.15, -0.1) is 0 Å². The lowest BCUT2D eigenvalue weighted by atomic mass is 9.98. The third-order valence-electron chi connectivity index (χ3n) is 5.06. The van der Waals surface area contributed by atoms with Gasteiger partial charge in [-0.25, -0.2) is 9.78 Å². The van der Waals surface area contributed by atoms with Gasteiger partial charge in [-0.1, -0.05) is 13.3 Å². The van der Waals surface area contributed by atoms with Gasteiger partial charge >= 0.3 is 6.09 Å². The molecule has 2 heterocycles. The van der Waals surface area contributed by atoms with Gasteiger partial charge in [0.15, 0.2) is 0 Å². The minimum absolute atomic E-state index is 0.299. The van der Waals surface area contributed by atoms with Crippen molar-refractivity contribution in [2.75, 3.05) is 6.61 Å². The van der Waals surface area contributed by atoms with Crippen molar-refractivity contribution in [2.24, 2.45) is 7.05 Å². The van der Waals surface area contributed by atoms with E-state index < -0.39 is 6.09 Å². The van der Waals surface area contributed by atoms with Gasteiger partial charge < -0.3 is 14.8 Å². The number of carbonyl (C=O) groups excluding carboxylic acids is 1. The van der Waals surface area contributed by atoms with Crippen molar-refractivity contribution in [3.8, 4) is 17.0 Å². The lowest BCUT2D eigenvalue weighted by molar-refractivity contribution is 0.145. The Kier molecular flexibility index (Phi) is 6.90. The van der Waals surface area contributed by atoms with Crippen LogP contribution in [0.5, 0.6) is 5.75 Å². The summed E-state index contributed by atoms with van der Waals surface area (Å²) in [5.41, 5.74) is 3.46. The lowest BCUT2D eigenvalue weighted by Crippen LogP contribution is -2.25. The molecule has 1 aliphatic rings. The molecule has 1 saturated carbocycles. The molecule has 0 radical (unpaired) electrons. The van der Waals surface area contributed by atoms with E-state index in [0.29, 0.717) is 19.3 Å². The van der Waals surface area contributed by atoms with Crippen molar-refractivity contribution >= 4 is 6.09 Å². The van der Waals surface area contributed by atoms with Crippen molar-refractivity contribution in [1.82, 2.24) is 20.1 Å². The normalized spacial score (nSPS) is 14.7. The predicted molar refractivity (Wildman–Crippen MR) is 107 cm³/mol. The Morgan fingerprint density at radius 2 is 2.07 bits per heavy atom. The van der Waals surface area contributed by atoms with E-state index in [0.717, 1.165) is 47.7 Å². The molecule has 1 amide bonds. The van der Waals surface area contributed by atoms with Gasteiger partial charge in [0.1, 0.15) is 5.75 Å². The number of aryl methyl sites for hydroxylation is 2. The van der Waals surface area contributed by atoms with Crippen molar-refractivity contribution in [2.45, 2.75) is 65.0 Å². The summed E-state index contributed by atoms with van der Waals surface area (Å²) in [6, 6.07) is 3.95. The Hall–Kier alpha value is -2.57. The molecular formula is C21H30N4O3. The summed E-state index contributed by atoms with van der Waals surface area (Å²) in [6.07, 6.45) is 8.47. The van der Waals surface area contributed by atoms with Crippen molar-refractivity contribution < 1.29 is 14.3 Å². The van der Waals surface area contributed by atoms with Gasteiger partial charge in [0.2, 0.25) is 0 Å². The van der Waals surface area contributed by atoms with E-state index in [1.54, 1.807) is 10.9 Å².